The van der Waals surface area contributed by atoms with Crippen molar-refractivity contribution >= 4 is 35.2 Å². The van der Waals surface area contributed by atoms with Crippen LogP contribution >= 0.6 is 23.4 Å². The number of carbonyl (C=O) groups is 2. The van der Waals surface area contributed by atoms with Crippen LogP contribution in [0.3, 0.4) is 0 Å². The third-order valence-electron chi connectivity index (χ3n) is 3.09. The van der Waals surface area contributed by atoms with Gasteiger partial charge in [-0.15, -0.1) is 11.8 Å². The van der Waals surface area contributed by atoms with E-state index in [1.165, 1.54) is 16.7 Å². The van der Waals surface area contributed by atoms with E-state index in [9.17, 15) is 9.59 Å². The van der Waals surface area contributed by atoms with Crippen LogP contribution in [-0.4, -0.2) is 54.0 Å². The molecule has 0 fully saturated rings. The Balaban J connectivity index is 2.44. The first-order chi connectivity index (χ1) is 9.97. The zero-order valence-corrected chi connectivity index (χ0v) is 14.2. The molecule has 0 unspecified atom stereocenters. The van der Waals surface area contributed by atoms with Crippen molar-refractivity contribution in [2.45, 2.75) is 18.7 Å². The maximum atomic E-state index is 12.0. The highest BCUT2D eigenvalue weighted by molar-refractivity contribution is 8.00. The summed E-state index contributed by atoms with van der Waals surface area (Å²) < 4.78 is 0. The molecule has 116 valence electrons. The van der Waals surface area contributed by atoms with Crippen molar-refractivity contribution in [3.63, 3.8) is 0 Å². The number of halogens is 1. The molecule has 0 aliphatic heterocycles. The predicted octanol–water partition coefficient (Wildman–Crippen LogP) is 2.76. The fourth-order valence-corrected chi connectivity index (χ4v) is 2.72. The lowest BCUT2D eigenvalue weighted by atomic mass is 10.4. The van der Waals surface area contributed by atoms with Gasteiger partial charge in [-0.25, -0.2) is 0 Å². The quantitative estimate of drug-likeness (QED) is 0.723. The van der Waals surface area contributed by atoms with Gasteiger partial charge in [0, 0.05) is 30.1 Å². The van der Waals surface area contributed by atoms with E-state index in [1.807, 2.05) is 26.0 Å². The van der Waals surface area contributed by atoms with Gasteiger partial charge in [0.15, 0.2) is 0 Å². The van der Waals surface area contributed by atoms with Crippen molar-refractivity contribution in [3.05, 3.63) is 29.3 Å². The molecule has 0 saturated heterocycles. The van der Waals surface area contributed by atoms with E-state index < -0.39 is 0 Å². The normalized spacial score (nSPS) is 10.3. The largest absolute Gasteiger partial charge is 0.342 e. The Kier molecular flexibility index (Phi) is 7.61. The molecule has 1 aromatic rings. The Bertz CT molecular complexity index is 475. The van der Waals surface area contributed by atoms with Crippen molar-refractivity contribution in [3.8, 4) is 0 Å². The zero-order valence-electron chi connectivity index (χ0n) is 12.6. The number of benzene rings is 1. The van der Waals surface area contributed by atoms with Crippen LogP contribution in [0.1, 0.15) is 13.8 Å². The van der Waals surface area contributed by atoms with Gasteiger partial charge in [0.2, 0.25) is 11.8 Å². The van der Waals surface area contributed by atoms with Gasteiger partial charge in [-0.05, 0) is 38.1 Å². The van der Waals surface area contributed by atoms with Crippen LogP contribution in [-0.2, 0) is 9.59 Å². The van der Waals surface area contributed by atoms with E-state index >= 15 is 0 Å². The van der Waals surface area contributed by atoms with Gasteiger partial charge in [0.1, 0.15) is 0 Å². The van der Waals surface area contributed by atoms with Gasteiger partial charge in [0.25, 0.3) is 0 Å². The van der Waals surface area contributed by atoms with Gasteiger partial charge in [-0.1, -0.05) is 11.6 Å². The van der Waals surface area contributed by atoms with Crippen LogP contribution in [0.5, 0.6) is 0 Å². The van der Waals surface area contributed by atoms with E-state index in [1.54, 1.807) is 24.1 Å². The van der Waals surface area contributed by atoms with Crippen LogP contribution in [0.15, 0.2) is 29.2 Å². The number of nitrogens with zero attached hydrogens (tertiary/aromatic N) is 2. The van der Waals surface area contributed by atoms with Gasteiger partial charge in [-0.3, -0.25) is 9.59 Å². The first kappa shape index (κ1) is 17.9. The molecule has 2 amide bonds. The smallest absolute Gasteiger partial charge is 0.242 e. The van der Waals surface area contributed by atoms with E-state index in [2.05, 4.69) is 0 Å². The number of likely N-dealkylation sites (N-methyl/N-ethyl adjacent to an activating group) is 2. The Labute approximate surface area is 135 Å². The standard InChI is InChI=1S/C15H21ClN2O2S/c1-4-18(5-2)14(19)10-17(3)15(20)11-21-13-8-6-12(16)7-9-13/h6-9H,4-5,10-11H2,1-3H3. The van der Waals surface area contributed by atoms with Crippen LogP contribution in [0.2, 0.25) is 5.02 Å². The lowest BCUT2D eigenvalue weighted by Crippen LogP contribution is -2.41. The molecule has 21 heavy (non-hydrogen) atoms. The fourth-order valence-electron chi connectivity index (χ4n) is 1.75. The van der Waals surface area contributed by atoms with Crippen molar-refractivity contribution in [1.29, 1.82) is 0 Å². The number of carbonyl (C=O) groups excluding carboxylic acids is 2. The molecule has 4 nitrogen and oxygen atoms in total. The molecule has 0 aliphatic rings. The molecule has 1 aromatic carbocycles. The summed E-state index contributed by atoms with van der Waals surface area (Å²) in [6.07, 6.45) is 0. The maximum Gasteiger partial charge on any atom is 0.242 e. The highest BCUT2D eigenvalue weighted by atomic mass is 35.5. The molecular formula is C15H21ClN2O2S. The second-order valence-electron chi connectivity index (χ2n) is 4.56. The zero-order chi connectivity index (χ0) is 15.8. The lowest BCUT2D eigenvalue weighted by molar-refractivity contribution is -0.137. The third-order valence-corrected chi connectivity index (χ3v) is 4.34. The number of thioether (sulfide) groups is 1. The SMILES string of the molecule is CCN(CC)C(=O)CN(C)C(=O)CSc1ccc(Cl)cc1. The predicted molar refractivity (Wildman–Crippen MR) is 87.7 cm³/mol. The van der Waals surface area contributed by atoms with Gasteiger partial charge < -0.3 is 9.80 Å². The molecule has 6 heteroatoms. The second kappa shape index (κ2) is 8.95. The lowest BCUT2D eigenvalue weighted by Gasteiger charge is -2.23. The summed E-state index contributed by atoms with van der Waals surface area (Å²) in [6, 6.07) is 7.34. The van der Waals surface area contributed by atoms with Crippen molar-refractivity contribution in [1.82, 2.24) is 9.80 Å². The molecule has 0 aliphatic carbocycles. The van der Waals surface area contributed by atoms with Crippen molar-refractivity contribution in [2.24, 2.45) is 0 Å². The van der Waals surface area contributed by atoms with Crippen LogP contribution in [0, 0.1) is 0 Å². The summed E-state index contributed by atoms with van der Waals surface area (Å²) in [7, 11) is 1.66. The van der Waals surface area contributed by atoms with E-state index in [0.717, 1.165) is 4.90 Å². The van der Waals surface area contributed by atoms with Crippen molar-refractivity contribution < 1.29 is 9.59 Å². The molecule has 0 atom stereocenters. The second-order valence-corrected chi connectivity index (χ2v) is 6.04. The highest BCUT2D eigenvalue weighted by Crippen LogP contribution is 2.20. The van der Waals surface area contributed by atoms with Gasteiger partial charge in [-0.2, -0.15) is 0 Å². The number of hydrogen-bond donors (Lipinski definition) is 0. The molecule has 0 spiro atoms. The molecule has 0 aromatic heterocycles. The first-order valence-electron chi connectivity index (χ1n) is 6.88. The van der Waals surface area contributed by atoms with Gasteiger partial charge in [0.05, 0.1) is 12.3 Å². The molecular weight excluding hydrogens is 308 g/mol. The minimum Gasteiger partial charge on any atom is -0.342 e. The van der Waals surface area contributed by atoms with E-state index in [4.69, 9.17) is 11.6 Å². The van der Waals surface area contributed by atoms with E-state index in [-0.39, 0.29) is 18.4 Å². The van der Waals surface area contributed by atoms with Crippen molar-refractivity contribution in [2.75, 3.05) is 32.4 Å². The molecule has 0 saturated carbocycles. The summed E-state index contributed by atoms with van der Waals surface area (Å²) >= 11 is 7.25. The van der Waals surface area contributed by atoms with Gasteiger partial charge >= 0.3 is 0 Å². The molecule has 0 radical (unpaired) electrons. The Morgan fingerprint density at radius 1 is 1.10 bits per heavy atom. The van der Waals surface area contributed by atoms with Crippen LogP contribution in [0.25, 0.3) is 0 Å². The summed E-state index contributed by atoms with van der Waals surface area (Å²) in [6.45, 7) is 5.31. The summed E-state index contributed by atoms with van der Waals surface area (Å²) in [5, 5.41) is 0.674. The minimum atomic E-state index is -0.0598. The number of amides is 2. The summed E-state index contributed by atoms with van der Waals surface area (Å²) in [4.78, 5) is 28.1. The molecule has 0 bridgehead atoms. The monoisotopic (exact) mass is 328 g/mol. The van der Waals surface area contributed by atoms with Crippen LogP contribution < -0.4 is 0 Å². The summed E-state index contributed by atoms with van der Waals surface area (Å²) in [5.74, 6) is 0.228. The van der Waals surface area contributed by atoms with E-state index in [0.29, 0.717) is 23.9 Å². The highest BCUT2D eigenvalue weighted by Gasteiger charge is 2.16. The Hall–Kier alpha value is -1.20. The van der Waals surface area contributed by atoms with Crippen LogP contribution in [0.4, 0.5) is 0 Å². The molecule has 0 N–H and O–H groups in total. The maximum absolute atomic E-state index is 12.0. The molecule has 0 heterocycles. The molecule has 1 rings (SSSR count). The Morgan fingerprint density at radius 2 is 1.67 bits per heavy atom. The first-order valence-corrected chi connectivity index (χ1v) is 8.24. The Morgan fingerprint density at radius 3 is 2.19 bits per heavy atom. The number of hydrogen-bond acceptors (Lipinski definition) is 3. The topological polar surface area (TPSA) is 40.6 Å². The fraction of sp³-hybridized carbons (Fsp3) is 0.467. The average molecular weight is 329 g/mol. The summed E-state index contributed by atoms with van der Waals surface area (Å²) in [5.41, 5.74) is 0. The average Bonchev–Trinajstić information content (AvgIpc) is 2.47. The number of rotatable bonds is 7. The third kappa shape index (κ3) is 5.98. The minimum absolute atomic E-state index is 0.0210.